The summed E-state index contributed by atoms with van der Waals surface area (Å²) in [4.78, 5) is 36.3. The minimum atomic E-state index is -1.02. The molecule has 1 atom stereocenters. The van der Waals surface area contributed by atoms with Crippen molar-refractivity contribution in [2.45, 2.75) is 31.5 Å². The first-order chi connectivity index (χ1) is 11.6. The molecule has 0 unspecified atom stereocenters. The molecule has 1 aromatic carbocycles. The van der Waals surface area contributed by atoms with Crippen molar-refractivity contribution in [1.82, 2.24) is 9.88 Å². The summed E-state index contributed by atoms with van der Waals surface area (Å²) in [6.45, 7) is -0.236. The van der Waals surface area contributed by atoms with Crippen LogP contribution in [0.2, 0.25) is 0 Å². The maximum absolute atomic E-state index is 12.4. The molecule has 0 saturated heterocycles. The maximum atomic E-state index is 12.4. The zero-order valence-corrected chi connectivity index (χ0v) is 13.1. The Hall–Kier alpha value is -2.89. The van der Waals surface area contributed by atoms with Gasteiger partial charge in [-0.15, -0.1) is 0 Å². The Kier molecular flexibility index (Phi) is 4.74. The lowest BCUT2D eigenvalue weighted by Crippen LogP contribution is -2.34. The first-order valence-electron chi connectivity index (χ1n) is 7.84. The predicted octanol–water partition coefficient (Wildman–Crippen LogP) is 1.41. The summed E-state index contributed by atoms with van der Waals surface area (Å²) in [7, 11) is 0. The van der Waals surface area contributed by atoms with Crippen molar-refractivity contribution in [2.24, 2.45) is 0 Å². The van der Waals surface area contributed by atoms with Crippen LogP contribution >= 0.6 is 0 Å². The number of amides is 1. The quantitative estimate of drug-likeness (QED) is 0.814. The minimum Gasteiger partial charge on any atom is -0.446 e. The Bertz CT molecular complexity index is 781. The Balaban J connectivity index is 1.73. The smallest absolute Gasteiger partial charge is 0.327 e. The number of aromatic nitrogens is 1. The lowest BCUT2D eigenvalue weighted by molar-refractivity contribution is -0.157. The number of hydrogen-bond acceptors (Lipinski definition) is 4. The molecule has 1 saturated carbocycles. The van der Waals surface area contributed by atoms with Crippen LogP contribution in [0.5, 0.6) is 0 Å². The molecule has 3 rings (SSSR count). The van der Waals surface area contributed by atoms with Crippen molar-refractivity contribution < 1.29 is 14.3 Å². The van der Waals surface area contributed by atoms with Gasteiger partial charge < -0.3 is 14.6 Å². The third-order valence-electron chi connectivity index (χ3n) is 3.71. The van der Waals surface area contributed by atoms with E-state index in [2.05, 4.69) is 5.32 Å². The molecule has 1 N–H and O–H groups in total. The van der Waals surface area contributed by atoms with Gasteiger partial charge in [-0.2, -0.15) is 0 Å². The van der Waals surface area contributed by atoms with Crippen molar-refractivity contribution in [2.75, 3.05) is 0 Å². The van der Waals surface area contributed by atoms with Gasteiger partial charge in [-0.25, -0.2) is 0 Å². The molecule has 6 nitrogen and oxygen atoms in total. The van der Waals surface area contributed by atoms with Gasteiger partial charge in [0.05, 0.1) is 0 Å². The first-order valence-corrected chi connectivity index (χ1v) is 7.84. The molecule has 0 bridgehead atoms. The zero-order valence-electron chi connectivity index (χ0n) is 13.1. The molecule has 0 spiro atoms. The molecule has 124 valence electrons. The monoisotopic (exact) mass is 326 g/mol. The van der Waals surface area contributed by atoms with Crippen LogP contribution in [0.1, 0.15) is 24.5 Å². The fourth-order valence-electron chi connectivity index (χ4n) is 2.30. The number of rotatable bonds is 6. The van der Waals surface area contributed by atoms with Crippen molar-refractivity contribution in [3.8, 4) is 0 Å². The van der Waals surface area contributed by atoms with Crippen LogP contribution in [-0.2, 0) is 20.9 Å². The summed E-state index contributed by atoms with van der Waals surface area (Å²) in [5, 5.41) is 2.85. The second-order valence-corrected chi connectivity index (χ2v) is 5.73. The van der Waals surface area contributed by atoms with E-state index in [0.717, 1.165) is 12.8 Å². The molecule has 1 aliphatic carbocycles. The zero-order chi connectivity index (χ0) is 16.9. The lowest BCUT2D eigenvalue weighted by atomic mass is 10.1. The standard InChI is InChI=1S/C18H18N2O4/c21-15-8-4-5-11-20(15)12-16(22)24-17(13-6-2-1-3-7-13)18(23)19-14-9-10-14/h1-8,11,14,17H,9-10,12H2,(H,19,23)/t17-/m0/s1. The molecule has 0 radical (unpaired) electrons. The first kappa shape index (κ1) is 16.0. The third kappa shape index (κ3) is 4.10. The molecule has 1 fully saturated rings. The molecule has 1 aliphatic rings. The van der Waals surface area contributed by atoms with E-state index >= 15 is 0 Å². The van der Waals surface area contributed by atoms with Gasteiger partial charge in [0, 0.05) is 23.9 Å². The number of benzene rings is 1. The SMILES string of the molecule is O=C(Cn1ccccc1=O)O[C@H](C(=O)NC1CC1)c1ccccc1. The summed E-state index contributed by atoms with van der Waals surface area (Å²) in [5.41, 5.74) is 0.303. The van der Waals surface area contributed by atoms with Crippen LogP contribution < -0.4 is 10.9 Å². The van der Waals surface area contributed by atoms with E-state index in [0.29, 0.717) is 5.56 Å². The van der Waals surface area contributed by atoms with Gasteiger partial charge in [-0.05, 0) is 18.9 Å². The number of nitrogens with zero attached hydrogens (tertiary/aromatic N) is 1. The van der Waals surface area contributed by atoms with Gasteiger partial charge >= 0.3 is 5.97 Å². The van der Waals surface area contributed by atoms with E-state index in [1.54, 1.807) is 36.4 Å². The summed E-state index contributed by atoms with van der Waals surface area (Å²) < 4.78 is 6.61. The Morgan fingerprint density at radius 3 is 2.50 bits per heavy atom. The largest absolute Gasteiger partial charge is 0.446 e. The van der Waals surface area contributed by atoms with Crippen molar-refractivity contribution in [1.29, 1.82) is 0 Å². The average molecular weight is 326 g/mol. The molecule has 0 aliphatic heterocycles. The Morgan fingerprint density at radius 1 is 1.12 bits per heavy atom. The molecule has 1 amide bonds. The minimum absolute atomic E-state index is 0.166. The molecule has 6 heteroatoms. The van der Waals surface area contributed by atoms with E-state index in [-0.39, 0.29) is 24.1 Å². The number of carbonyl (C=O) groups excluding carboxylic acids is 2. The second-order valence-electron chi connectivity index (χ2n) is 5.73. The number of pyridine rings is 1. The highest BCUT2D eigenvalue weighted by atomic mass is 16.5. The van der Waals surface area contributed by atoms with Gasteiger partial charge in [0.15, 0.2) is 0 Å². The van der Waals surface area contributed by atoms with Crippen molar-refractivity contribution in [3.05, 3.63) is 70.6 Å². The highest BCUT2D eigenvalue weighted by Crippen LogP contribution is 2.23. The Morgan fingerprint density at radius 2 is 1.83 bits per heavy atom. The molecule has 2 aromatic rings. The van der Waals surface area contributed by atoms with Crippen molar-refractivity contribution >= 4 is 11.9 Å². The normalized spacial score (nSPS) is 14.7. The molecule has 1 aromatic heterocycles. The summed E-state index contributed by atoms with van der Waals surface area (Å²) >= 11 is 0. The maximum Gasteiger partial charge on any atom is 0.327 e. The van der Waals surface area contributed by atoms with Crippen LogP contribution in [-0.4, -0.2) is 22.5 Å². The predicted molar refractivity (Wildman–Crippen MR) is 87.1 cm³/mol. The van der Waals surface area contributed by atoms with Crippen LogP contribution in [0, 0.1) is 0 Å². The van der Waals surface area contributed by atoms with Crippen LogP contribution in [0.3, 0.4) is 0 Å². The van der Waals surface area contributed by atoms with Gasteiger partial charge in [0.1, 0.15) is 6.54 Å². The van der Waals surface area contributed by atoms with Gasteiger partial charge in [0.2, 0.25) is 6.10 Å². The van der Waals surface area contributed by atoms with Crippen molar-refractivity contribution in [3.63, 3.8) is 0 Å². The van der Waals surface area contributed by atoms with E-state index in [4.69, 9.17) is 4.74 Å². The lowest BCUT2D eigenvalue weighted by Gasteiger charge is -2.18. The summed E-state index contributed by atoms with van der Waals surface area (Å²) in [6.07, 6.45) is 2.38. The number of ether oxygens (including phenoxy) is 1. The van der Waals surface area contributed by atoms with Gasteiger partial charge in [0.25, 0.3) is 11.5 Å². The number of carbonyl (C=O) groups is 2. The van der Waals surface area contributed by atoms with E-state index < -0.39 is 12.1 Å². The fourth-order valence-corrected chi connectivity index (χ4v) is 2.30. The molecule has 24 heavy (non-hydrogen) atoms. The summed E-state index contributed by atoms with van der Waals surface area (Å²) in [6, 6.07) is 13.6. The van der Waals surface area contributed by atoms with Crippen LogP contribution in [0.4, 0.5) is 0 Å². The molecular weight excluding hydrogens is 308 g/mol. The van der Waals surface area contributed by atoms with Crippen LogP contribution in [0.15, 0.2) is 59.5 Å². The number of esters is 1. The molecular formula is C18H18N2O4. The van der Waals surface area contributed by atoms with Gasteiger partial charge in [-0.1, -0.05) is 36.4 Å². The topological polar surface area (TPSA) is 77.4 Å². The van der Waals surface area contributed by atoms with E-state index in [1.165, 1.54) is 16.8 Å². The van der Waals surface area contributed by atoms with E-state index in [1.807, 2.05) is 6.07 Å². The molecule has 1 heterocycles. The Labute approximate surface area is 139 Å². The van der Waals surface area contributed by atoms with Crippen LogP contribution in [0.25, 0.3) is 0 Å². The van der Waals surface area contributed by atoms with E-state index in [9.17, 15) is 14.4 Å². The summed E-state index contributed by atoms with van der Waals surface area (Å²) in [5.74, 6) is -0.972. The number of nitrogens with one attached hydrogen (secondary N) is 1. The highest BCUT2D eigenvalue weighted by molar-refractivity contribution is 5.85. The second kappa shape index (κ2) is 7.12. The average Bonchev–Trinajstić information content (AvgIpc) is 3.39. The number of hydrogen-bond donors (Lipinski definition) is 1. The fraction of sp³-hybridized carbons (Fsp3) is 0.278. The van der Waals surface area contributed by atoms with Gasteiger partial charge in [-0.3, -0.25) is 14.4 Å². The highest BCUT2D eigenvalue weighted by Gasteiger charge is 2.30. The third-order valence-corrected chi connectivity index (χ3v) is 3.71.